The topological polar surface area (TPSA) is 55.4 Å². The van der Waals surface area contributed by atoms with E-state index in [2.05, 4.69) is 10.1 Å². The number of hydrogen-bond donors (Lipinski definition) is 1. The Morgan fingerprint density at radius 3 is 2.64 bits per heavy atom. The number of thiophene rings is 1. The molecule has 2 aromatic rings. The van der Waals surface area contributed by atoms with Crippen LogP contribution in [-0.2, 0) is 14.3 Å². The Labute approximate surface area is 133 Å². The van der Waals surface area contributed by atoms with Crippen LogP contribution in [0.5, 0.6) is 0 Å². The Balaban J connectivity index is 2.02. The monoisotopic (exact) mass is 315 g/mol. The summed E-state index contributed by atoms with van der Waals surface area (Å²) in [6, 6.07) is 13.0. The van der Waals surface area contributed by atoms with Gasteiger partial charge in [0, 0.05) is 11.0 Å². The summed E-state index contributed by atoms with van der Waals surface area (Å²) >= 11 is 1.49. The van der Waals surface area contributed by atoms with Crippen LogP contribution in [0.1, 0.15) is 22.9 Å². The summed E-state index contributed by atoms with van der Waals surface area (Å²) < 4.78 is 4.69. The molecule has 0 spiro atoms. The van der Waals surface area contributed by atoms with Crippen molar-refractivity contribution in [2.75, 3.05) is 7.11 Å². The molecule has 114 valence electrons. The average molecular weight is 315 g/mol. The van der Waals surface area contributed by atoms with Gasteiger partial charge in [-0.15, -0.1) is 11.3 Å². The van der Waals surface area contributed by atoms with E-state index in [4.69, 9.17) is 0 Å². The quantitative estimate of drug-likeness (QED) is 0.658. The summed E-state index contributed by atoms with van der Waals surface area (Å²) in [5.74, 6) is -0.600. The largest absolute Gasteiger partial charge is 0.469 e. The van der Waals surface area contributed by atoms with Crippen molar-refractivity contribution in [2.24, 2.45) is 0 Å². The molecule has 0 aliphatic carbocycles. The minimum Gasteiger partial charge on any atom is -0.469 e. The molecular formula is C17H17NO3S. The minimum absolute atomic E-state index is 0.113. The third-order valence-electron chi connectivity index (χ3n) is 3.03. The van der Waals surface area contributed by atoms with Crippen molar-refractivity contribution in [1.82, 2.24) is 5.32 Å². The number of amides is 1. The molecule has 0 fully saturated rings. The highest BCUT2D eigenvalue weighted by molar-refractivity contribution is 7.10. The molecule has 0 aliphatic rings. The van der Waals surface area contributed by atoms with Crippen molar-refractivity contribution in [2.45, 2.75) is 12.5 Å². The number of nitrogens with one attached hydrogen (secondary N) is 1. The lowest BCUT2D eigenvalue weighted by Crippen LogP contribution is -2.28. The second-order valence-electron chi connectivity index (χ2n) is 4.60. The second kappa shape index (κ2) is 8.14. The fraction of sp³-hybridized carbons (Fsp3) is 0.176. The van der Waals surface area contributed by atoms with E-state index in [1.165, 1.54) is 24.5 Å². The molecule has 1 N–H and O–H groups in total. The lowest BCUT2D eigenvalue weighted by Gasteiger charge is -2.15. The number of hydrogen-bond acceptors (Lipinski definition) is 4. The number of carbonyl (C=O) groups excluding carboxylic acids is 2. The van der Waals surface area contributed by atoms with Gasteiger partial charge in [0.1, 0.15) is 0 Å². The van der Waals surface area contributed by atoms with Crippen LogP contribution < -0.4 is 5.32 Å². The highest BCUT2D eigenvalue weighted by Gasteiger charge is 2.18. The number of carbonyl (C=O) groups is 2. The Kier molecular flexibility index (Phi) is 5.91. The summed E-state index contributed by atoms with van der Waals surface area (Å²) in [6.45, 7) is 0. The molecular weight excluding hydrogens is 298 g/mol. The molecule has 0 aliphatic heterocycles. The summed E-state index contributed by atoms with van der Waals surface area (Å²) in [7, 11) is 1.34. The maximum absolute atomic E-state index is 12.0. The zero-order chi connectivity index (χ0) is 15.8. The lowest BCUT2D eigenvalue weighted by atomic mass is 10.1. The predicted octanol–water partition coefficient (Wildman–Crippen LogP) is 3.18. The first kappa shape index (κ1) is 16.0. The van der Waals surface area contributed by atoms with Gasteiger partial charge in [0.05, 0.1) is 19.6 Å². The Hall–Kier alpha value is -2.40. The first-order chi connectivity index (χ1) is 10.7. The van der Waals surface area contributed by atoms with Gasteiger partial charge in [0.15, 0.2) is 0 Å². The third-order valence-corrected chi connectivity index (χ3v) is 4.01. The van der Waals surface area contributed by atoms with Gasteiger partial charge in [-0.25, -0.2) is 0 Å². The van der Waals surface area contributed by atoms with Crippen LogP contribution in [0.25, 0.3) is 6.08 Å². The number of ether oxygens (including phenoxy) is 1. The molecule has 0 bridgehead atoms. The Bertz CT molecular complexity index is 635. The Morgan fingerprint density at radius 2 is 2.00 bits per heavy atom. The molecule has 0 saturated heterocycles. The van der Waals surface area contributed by atoms with E-state index in [0.717, 1.165) is 10.4 Å². The standard InChI is InChI=1S/C17H17NO3S/c1-21-17(20)12-14(15-8-5-11-22-15)18-16(19)10-9-13-6-3-2-4-7-13/h2-11,14H,12H2,1H3,(H,18,19)/b10-9+. The van der Waals surface area contributed by atoms with E-state index >= 15 is 0 Å². The molecule has 1 aromatic carbocycles. The Morgan fingerprint density at radius 1 is 1.23 bits per heavy atom. The summed E-state index contributed by atoms with van der Waals surface area (Å²) in [5, 5.41) is 4.75. The van der Waals surface area contributed by atoms with Gasteiger partial charge >= 0.3 is 5.97 Å². The first-order valence-electron chi connectivity index (χ1n) is 6.83. The van der Waals surface area contributed by atoms with Gasteiger partial charge in [-0.05, 0) is 23.1 Å². The molecule has 1 amide bonds. The molecule has 1 aromatic heterocycles. The van der Waals surface area contributed by atoms with Crippen LogP contribution in [0.4, 0.5) is 0 Å². The summed E-state index contributed by atoms with van der Waals surface area (Å²) in [5.41, 5.74) is 0.943. The van der Waals surface area contributed by atoms with Gasteiger partial charge in [-0.1, -0.05) is 36.4 Å². The predicted molar refractivity (Wildman–Crippen MR) is 87.3 cm³/mol. The van der Waals surface area contributed by atoms with Crippen molar-refractivity contribution >= 4 is 29.3 Å². The smallest absolute Gasteiger partial charge is 0.307 e. The van der Waals surface area contributed by atoms with E-state index in [1.54, 1.807) is 6.08 Å². The number of benzene rings is 1. The van der Waals surface area contributed by atoms with Crippen LogP contribution in [-0.4, -0.2) is 19.0 Å². The van der Waals surface area contributed by atoms with Gasteiger partial charge in [0.25, 0.3) is 0 Å². The zero-order valence-corrected chi connectivity index (χ0v) is 13.0. The maximum atomic E-state index is 12.0. The normalized spacial score (nSPS) is 12.0. The molecule has 22 heavy (non-hydrogen) atoms. The second-order valence-corrected chi connectivity index (χ2v) is 5.58. The van der Waals surface area contributed by atoms with Gasteiger partial charge < -0.3 is 10.1 Å². The lowest BCUT2D eigenvalue weighted by molar-refractivity contribution is -0.141. The molecule has 0 saturated carbocycles. The van der Waals surface area contributed by atoms with Crippen molar-refractivity contribution < 1.29 is 14.3 Å². The van der Waals surface area contributed by atoms with E-state index in [-0.39, 0.29) is 24.3 Å². The van der Waals surface area contributed by atoms with E-state index < -0.39 is 0 Å². The van der Waals surface area contributed by atoms with E-state index in [9.17, 15) is 9.59 Å². The van der Waals surface area contributed by atoms with E-state index in [1.807, 2.05) is 47.8 Å². The molecule has 5 heteroatoms. The van der Waals surface area contributed by atoms with Crippen LogP contribution in [0, 0.1) is 0 Å². The zero-order valence-electron chi connectivity index (χ0n) is 12.2. The summed E-state index contributed by atoms with van der Waals surface area (Å²) in [4.78, 5) is 24.5. The van der Waals surface area contributed by atoms with Gasteiger partial charge in [-0.2, -0.15) is 0 Å². The van der Waals surface area contributed by atoms with Crippen molar-refractivity contribution in [1.29, 1.82) is 0 Å². The molecule has 1 atom stereocenters. The van der Waals surface area contributed by atoms with Gasteiger partial charge in [-0.3, -0.25) is 9.59 Å². The third kappa shape index (κ3) is 4.86. The van der Waals surface area contributed by atoms with Crippen molar-refractivity contribution in [3.05, 3.63) is 64.4 Å². The molecule has 4 nitrogen and oxygen atoms in total. The highest BCUT2D eigenvalue weighted by atomic mass is 32.1. The summed E-state index contributed by atoms with van der Waals surface area (Å²) in [6.07, 6.45) is 3.31. The van der Waals surface area contributed by atoms with Crippen LogP contribution in [0.3, 0.4) is 0 Å². The fourth-order valence-corrected chi connectivity index (χ4v) is 2.70. The first-order valence-corrected chi connectivity index (χ1v) is 7.71. The van der Waals surface area contributed by atoms with Crippen molar-refractivity contribution in [3.8, 4) is 0 Å². The number of rotatable bonds is 6. The van der Waals surface area contributed by atoms with Crippen LogP contribution in [0.2, 0.25) is 0 Å². The van der Waals surface area contributed by atoms with E-state index in [0.29, 0.717) is 0 Å². The highest BCUT2D eigenvalue weighted by Crippen LogP contribution is 2.22. The maximum Gasteiger partial charge on any atom is 0.307 e. The molecule has 1 heterocycles. The molecule has 0 radical (unpaired) electrons. The van der Waals surface area contributed by atoms with Crippen molar-refractivity contribution in [3.63, 3.8) is 0 Å². The van der Waals surface area contributed by atoms with Crippen LogP contribution >= 0.6 is 11.3 Å². The fourth-order valence-electron chi connectivity index (χ4n) is 1.92. The van der Waals surface area contributed by atoms with Gasteiger partial charge in [0.2, 0.25) is 5.91 Å². The average Bonchev–Trinajstić information content (AvgIpc) is 3.07. The number of esters is 1. The SMILES string of the molecule is COC(=O)CC(NC(=O)/C=C/c1ccccc1)c1cccs1. The molecule has 2 rings (SSSR count). The molecule has 1 unspecified atom stereocenters. The number of methoxy groups -OCH3 is 1. The van der Waals surface area contributed by atoms with Crippen LogP contribution in [0.15, 0.2) is 53.9 Å². The minimum atomic E-state index is -0.375.